The van der Waals surface area contributed by atoms with Crippen LogP contribution in [0.4, 0.5) is 0 Å². The summed E-state index contributed by atoms with van der Waals surface area (Å²) < 4.78 is 5.37. The predicted octanol–water partition coefficient (Wildman–Crippen LogP) is 2.07. The van der Waals surface area contributed by atoms with E-state index in [9.17, 15) is 4.79 Å². The molecule has 0 aliphatic carbocycles. The number of carbonyl (C=O) groups is 1. The molecule has 1 aliphatic rings. The summed E-state index contributed by atoms with van der Waals surface area (Å²) in [5.74, 6) is 1.96. The zero-order valence-corrected chi connectivity index (χ0v) is 13.0. The number of nitrogens with zero attached hydrogens (tertiary/aromatic N) is 1. The first-order chi connectivity index (χ1) is 10.1. The van der Waals surface area contributed by atoms with Crippen molar-refractivity contribution >= 4 is 5.91 Å². The van der Waals surface area contributed by atoms with Gasteiger partial charge in [0, 0.05) is 19.5 Å². The van der Waals surface area contributed by atoms with Gasteiger partial charge in [0.25, 0.3) is 0 Å². The van der Waals surface area contributed by atoms with E-state index in [1.54, 1.807) is 7.11 Å². The van der Waals surface area contributed by atoms with Crippen molar-refractivity contribution in [3.05, 3.63) is 29.8 Å². The summed E-state index contributed by atoms with van der Waals surface area (Å²) in [6, 6.07) is 8.02. The highest BCUT2D eigenvalue weighted by Gasteiger charge is 2.26. The van der Waals surface area contributed by atoms with Crippen molar-refractivity contribution in [1.29, 1.82) is 0 Å². The van der Waals surface area contributed by atoms with Crippen LogP contribution in [0.25, 0.3) is 0 Å². The topological polar surface area (TPSA) is 55.6 Å². The fourth-order valence-corrected chi connectivity index (χ4v) is 3.00. The second-order valence-electron chi connectivity index (χ2n) is 6.06. The van der Waals surface area contributed by atoms with Gasteiger partial charge in [-0.15, -0.1) is 0 Å². The quantitative estimate of drug-likeness (QED) is 0.872. The number of hydrogen-bond acceptors (Lipinski definition) is 3. The van der Waals surface area contributed by atoms with Gasteiger partial charge in [-0.3, -0.25) is 4.79 Å². The maximum Gasteiger partial charge on any atom is 0.222 e. The van der Waals surface area contributed by atoms with Gasteiger partial charge in [-0.25, -0.2) is 0 Å². The van der Waals surface area contributed by atoms with Crippen molar-refractivity contribution in [2.45, 2.75) is 26.2 Å². The van der Waals surface area contributed by atoms with Crippen molar-refractivity contribution in [3.8, 4) is 5.75 Å². The molecule has 1 heterocycles. The van der Waals surface area contributed by atoms with Gasteiger partial charge < -0.3 is 15.4 Å². The summed E-state index contributed by atoms with van der Waals surface area (Å²) in [6.07, 6.45) is 2.50. The first-order valence-electron chi connectivity index (χ1n) is 7.73. The predicted molar refractivity (Wildman–Crippen MR) is 84.2 cm³/mol. The number of ether oxygens (including phenoxy) is 1. The number of amides is 1. The van der Waals surface area contributed by atoms with Crippen LogP contribution in [0.3, 0.4) is 0 Å². The summed E-state index contributed by atoms with van der Waals surface area (Å²) in [5.41, 5.74) is 6.85. The molecule has 2 rings (SSSR count). The number of rotatable bonds is 6. The van der Waals surface area contributed by atoms with Crippen molar-refractivity contribution in [2.75, 3.05) is 26.7 Å². The molecule has 0 radical (unpaired) electrons. The third kappa shape index (κ3) is 4.21. The van der Waals surface area contributed by atoms with Crippen LogP contribution in [0.15, 0.2) is 24.3 Å². The van der Waals surface area contributed by atoms with E-state index >= 15 is 0 Å². The fourth-order valence-electron chi connectivity index (χ4n) is 3.00. The molecule has 1 aliphatic heterocycles. The molecule has 0 bridgehead atoms. The molecule has 0 aromatic heterocycles. The van der Waals surface area contributed by atoms with E-state index in [0.29, 0.717) is 24.8 Å². The Morgan fingerprint density at radius 3 is 2.90 bits per heavy atom. The molecule has 2 atom stereocenters. The van der Waals surface area contributed by atoms with Gasteiger partial charge in [0.1, 0.15) is 5.75 Å². The molecule has 0 spiro atoms. The second kappa shape index (κ2) is 7.46. The molecule has 1 aromatic rings. The Hall–Kier alpha value is -1.55. The first-order valence-corrected chi connectivity index (χ1v) is 7.73. The van der Waals surface area contributed by atoms with Crippen LogP contribution < -0.4 is 10.5 Å². The number of nitrogens with two attached hydrogens (primary N) is 1. The van der Waals surface area contributed by atoms with E-state index in [1.165, 1.54) is 5.56 Å². The van der Waals surface area contributed by atoms with Gasteiger partial charge in [0.2, 0.25) is 5.91 Å². The van der Waals surface area contributed by atoms with Crippen LogP contribution in [0.1, 0.15) is 25.3 Å². The summed E-state index contributed by atoms with van der Waals surface area (Å²) in [6.45, 7) is 4.50. The van der Waals surface area contributed by atoms with Crippen LogP contribution >= 0.6 is 0 Å². The Morgan fingerprint density at radius 2 is 2.24 bits per heavy atom. The van der Waals surface area contributed by atoms with Crippen LogP contribution in [0.5, 0.6) is 5.75 Å². The SMILES string of the molecule is COc1ccccc1CC(C)CC(=O)N1CCC(CN)C1. The molecule has 1 saturated heterocycles. The van der Waals surface area contributed by atoms with Crippen molar-refractivity contribution in [2.24, 2.45) is 17.6 Å². The van der Waals surface area contributed by atoms with Crippen molar-refractivity contribution < 1.29 is 9.53 Å². The summed E-state index contributed by atoms with van der Waals surface area (Å²) in [7, 11) is 1.69. The monoisotopic (exact) mass is 290 g/mol. The molecule has 4 nitrogen and oxygen atoms in total. The lowest BCUT2D eigenvalue weighted by Crippen LogP contribution is -2.31. The van der Waals surface area contributed by atoms with Gasteiger partial charge >= 0.3 is 0 Å². The van der Waals surface area contributed by atoms with E-state index in [2.05, 4.69) is 13.0 Å². The van der Waals surface area contributed by atoms with E-state index in [0.717, 1.165) is 31.7 Å². The standard InChI is InChI=1S/C17H26N2O2/c1-13(9-15-5-3-4-6-16(15)21-2)10-17(20)19-8-7-14(11-18)12-19/h3-6,13-14H,7-12,18H2,1-2H3. The van der Waals surface area contributed by atoms with E-state index in [4.69, 9.17) is 10.5 Å². The average Bonchev–Trinajstić information content (AvgIpc) is 2.96. The molecule has 21 heavy (non-hydrogen) atoms. The molecule has 2 N–H and O–H groups in total. The van der Waals surface area contributed by atoms with Gasteiger partial charge in [-0.05, 0) is 42.9 Å². The molecule has 1 aromatic carbocycles. The van der Waals surface area contributed by atoms with Crippen molar-refractivity contribution in [3.63, 3.8) is 0 Å². The van der Waals surface area contributed by atoms with Crippen LogP contribution in [-0.2, 0) is 11.2 Å². The second-order valence-corrected chi connectivity index (χ2v) is 6.06. The zero-order chi connectivity index (χ0) is 15.2. The van der Waals surface area contributed by atoms with Crippen molar-refractivity contribution in [1.82, 2.24) is 4.90 Å². The van der Waals surface area contributed by atoms with Crippen LogP contribution in [0, 0.1) is 11.8 Å². The van der Waals surface area contributed by atoms with Gasteiger partial charge in [-0.2, -0.15) is 0 Å². The minimum Gasteiger partial charge on any atom is -0.496 e. The highest BCUT2D eigenvalue weighted by molar-refractivity contribution is 5.76. The molecule has 4 heteroatoms. The van der Waals surface area contributed by atoms with Gasteiger partial charge in [-0.1, -0.05) is 25.1 Å². The number of methoxy groups -OCH3 is 1. The Balaban J connectivity index is 1.87. The normalized spacial score (nSPS) is 19.6. The molecule has 116 valence electrons. The lowest BCUT2D eigenvalue weighted by Gasteiger charge is -2.19. The Labute approximate surface area is 127 Å². The Kier molecular flexibility index (Phi) is 5.62. The molecule has 1 fully saturated rings. The largest absolute Gasteiger partial charge is 0.496 e. The Morgan fingerprint density at radius 1 is 1.48 bits per heavy atom. The van der Waals surface area contributed by atoms with E-state index in [-0.39, 0.29) is 5.91 Å². The third-order valence-electron chi connectivity index (χ3n) is 4.26. The third-order valence-corrected chi connectivity index (χ3v) is 4.26. The lowest BCUT2D eigenvalue weighted by atomic mass is 9.97. The van der Waals surface area contributed by atoms with E-state index < -0.39 is 0 Å². The van der Waals surface area contributed by atoms with Crippen LogP contribution in [0.2, 0.25) is 0 Å². The molecular weight excluding hydrogens is 264 g/mol. The highest BCUT2D eigenvalue weighted by atomic mass is 16.5. The lowest BCUT2D eigenvalue weighted by molar-refractivity contribution is -0.131. The van der Waals surface area contributed by atoms with Crippen LogP contribution in [-0.4, -0.2) is 37.6 Å². The maximum absolute atomic E-state index is 12.3. The van der Waals surface area contributed by atoms with E-state index in [1.807, 2.05) is 23.1 Å². The minimum absolute atomic E-state index is 0.258. The average molecular weight is 290 g/mol. The summed E-state index contributed by atoms with van der Waals surface area (Å²) in [5, 5.41) is 0. The minimum atomic E-state index is 0.258. The highest BCUT2D eigenvalue weighted by Crippen LogP contribution is 2.23. The number of para-hydroxylation sites is 1. The van der Waals surface area contributed by atoms with Gasteiger partial charge in [0.05, 0.1) is 7.11 Å². The number of hydrogen-bond donors (Lipinski definition) is 1. The zero-order valence-electron chi connectivity index (χ0n) is 13.0. The summed E-state index contributed by atoms with van der Waals surface area (Å²) >= 11 is 0. The first kappa shape index (κ1) is 15.8. The molecule has 2 unspecified atom stereocenters. The number of likely N-dealkylation sites (tertiary alicyclic amines) is 1. The van der Waals surface area contributed by atoms with Gasteiger partial charge in [0.15, 0.2) is 0 Å². The molecular formula is C17H26N2O2. The number of carbonyl (C=O) groups excluding carboxylic acids is 1. The fraction of sp³-hybridized carbons (Fsp3) is 0.588. The molecule has 1 amide bonds. The molecule has 0 saturated carbocycles. The Bertz CT molecular complexity index is 476. The maximum atomic E-state index is 12.3. The number of benzene rings is 1. The smallest absolute Gasteiger partial charge is 0.222 e. The summed E-state index contributed by atoms with van der Waals surface area (Å²) in [4.78, 5) is 14.3.